The standard InChI is InChI=1S/C21H33N3O4/c1-8-24(17(25)13-22-20(27)28-21(5,6)7)18(19(26)23-14(2)3)16-12-10-9-11-15(16)4/h9-12,14,18H,8,13H2,1-7H3,(H,22,27)(H,23,26). The SMILES string of the molecule is CCN(C(=O)CNC(=O)OC(C)(C)C)C(C(=O)NC(C)C)c1ccccc1C. The van der Waals surface area contributed by atoms with Crippen molar-refractivity contribution in [1.82, 2.24) is 15.5 Å². The van der Waals surface area contributed by atoms with E-state index < -0.39 is 17.7 Å². The third kappa shape index (κ3) is 7.21. The monoisotopic (exact) mass is 391 g/mol. The number of carbonyl (C=O) groups excluding carboxylic acids is 3. The predicted molar refractivity (Wildman–Crippen MR) is 109 cm³/mol. The summed E-state index contributed by atoms with van der Waals surface area (Å²) in [4.78, 5) is 39.1. The first-order chi connectivity index (χ1) is 13.0. The average Bonchev–Trinajstić information content (AvgIpc) is 2.56. The van der Waals surface area contributed by atoms with E-state index in [4.69, 9.17) is 4.74 Å². The molecule has 0 aliphatic heterocycles. The molecule has 1 rings (SSSR count). The van der Waals surface area contributed by atoms with Gasteiger partial charge < -0.3 is 20.3 Å². The number of nitrogens with one attached hydrogen (secondary N) is 2. The first kappa shape index (κ1) is 23.5. The van der Waals surface area contributed by atoms with E-state index in [1.165, 1.54) is 4.90 Å². The van der Waals surface area contributed by atoms with Crippen molar-refractivity contribution >= 4 is 17.9 Å². The molecule has 0 aliphatic rings. The molecule has 2 N–H and O–H groups in total. The van der Waals surface area contributed by atoms with Gasteiger partial charge in [0.25, 0.3) is 0 Å². The van der Waals surface area contributed by atoms with Gasteiger partial charge in [0.2, 0.25) is 11.8 Å². The van der Waals surface area contributed by atoms with Crippen LogP contribution in [0.15, 0.2) is 24.3 Å². The number of ether oxygens (including phenoxy) is 1. The minimum Gasteiger partial charge on any atom is -0.444 e. The molecule has 1 aromatic carbocycles. The molecule has 0 heterocycles. The van der Waals surface area contributed by atoms with Crippen LogP contribution in [0.4, 0.5) is 4.79 Å². The molecule has 0 saturated carbocycles. The van der Waals surface area contributed by atoms with Gasteiger partial charge in [0.1, 0.15) is 18.2 Å². The Hall–Kier alpha value is -2.57. The first-order valence-electron chi connectivity index (χ1n) is 9.58. The summed E-state index contributed by atoms with van der Waals surface area (Å²) < 4.78 is 5.17. The fraction of sp³-hybridized carbons (Fsp3) is 0.571. The molecule has 0 bridgehead atoms. The van der Waals surface area contributed by atoms with Crippen LogP contribution in [0.1, 0.15) is 58.7 Å². The Bertz CT molecular complexity index is 695. The maximum absolute atomic E-state index is 12.9. The summed E-state index contributed by atoms with van der Waals surface area (Å²) in [6, 6.07) is 6.64. The molecule has 0 radical (unpaired) electrons. The molecule has 0 saturated heterocycles. The van der Waals surface area contributed by atoms with Crippen molar-refractivity contribution in [3.05, 3.63) is 35.4 Å². The lowest BCUT2D eigenvalue weighted by Crippen LogP contribution is -2.48. The van der Waals surface area contributed by atoms with Crippen molar-refractivity contribution in [2.45, 2.75) is 66.2 Å². The van der Waals surface area contributed by atoms with Crippen LogP contribution in [0.3, 0.4) is 0 Å². The van der Waals surface area contributed by atoms with Crippen LogP contribution in [-0.4, -0.2) is 47.5 Å². The molecule has 1 aromatic rings. The summed E-state index contributed by atoms with van der Waals surface area (Å²) in [5.41, 5.74) is 1.02. The molecule has 0 aromatic heterocycles. The second-order valence-corrected chi connectivity index (χ2v) is 7.96. The molecule has 7 nitrogen and oxygen atoms in total. The van der Waals surface area contributed by atoms with Crippen molar-refractivity contribution in [2.24, 2.45) is 0 Å². The largest absolute Gasteiger partial charge is 0.444 e. The number of amides is 3. The minimum absolute atomic E-state index is 0.0623. The van der Waals surface area contributed by atoms with Crippen LogP contribution in [0.25, 0.3) is 0 Å². The highest BCUT2D eigenvalue weighted by molar-refractivity contribution is 5.90. The second-order valence-electron chi connectivity index (χ2n) is 7.96. The molecule has 0 spiro atoms. The van der Waals surface area contributed by atoms with Gasteiger partial charge in [-0.05, 0) is 59.6 Å². The Morgan fingerprint density at radius 1 is 1.14 bits per heavy atom. The van der Waals surface area contributed by atoms with Crippen molar-refractivity contribution in [2.75, 3.05) is 13.1 Å². The van der Waals surface area contributed by atoms with Crippen LogP contribution < -0.4 is 10.6 Å². The van der Waals surface area contributed by atoms with Gasteiger partial charge in [-0.15, -0.1) is 0 Å². The van der Waals surface area contributed by atoms with E-state index in [0.29, 0.717) is 6.54 Å². The van der Waals surface area contributed by atoms with E-state index in [0.717, 1.165) is 11.1 Å². The molecule has 7 heteroatoms. The summed E-state index contributed by atoms with van der Waals surface area (Å²) in [7, 11) is 0. The lowest BCUT2D eigenvalue weighted by molar-refractivity contribution is -0.140. The third-order valence-electron chi connectivity index (χ3n) is 3.92. The number of hydrogen-bond donors (Lipinski definition) is 2. The van der Waals surface area contributed by atoms with Crippen LogP contribution in [0.2, 0.25) is 0 Å². The molecule has 0 fully saturated rings. The second kappa shape index (κ2) is 10.1. The summed E-state index contributed by atoms with van der Waals surface area (Å²) >= 11 is 0. The first-order valence-corrected chi connectivity index (χ1v) is 9.58. The fourth-order valence-corrected chi connectivity index (χ4v) is 2.77. The van der Waals surface area contributed by atoms with E-state index in [1.54, 1.807) is 27.7 Å². The van der Waals surface area contributed by atoms with E-state index in [2.05, 4.69) is 10.6 Å². The zero-order valence-corrected chi connectivity index (χ0v) is 18.0. The van der Waals surface area contributed by atoms with Crippen LogP contribution in [-0.2, 0) is 14.3 Å². The number of carbonyl (C=O) groups is 3. The average molecular weight is 392 g/mol. The lowest BCUT2D eigenvalue weighted by atomic mass is 9.98. The summed E-state index contributed by atoms with van der Waals surface area (Å²) in [6.07, 6.45) is -0.670. The van der Waals surface area contributed by atoms with Gasteiger partial charge in [-0.3, -0.25) is 9.59 Å². The van der Waals surface area contributed by atoms with Crippen LogP contribution >= 0.6 is 0 Å². The topological polar surface area (TPSA) is 87.7 Å². The number of aryl methyl sites for hydroxylation is 1. The molecule has 156 valence electrons. The Kier molecular flexibility index (Phi) is 8.47. The Labute approximate surface area is 167 Å². The summed E-state index contributed by atoms with van der Waals surface area (Å²) in [5.74, 6) is -0.614. The van der Waals surface area contributed by atoms with Crippen molar-refractivity contribution < 1.29 is 19.1 Å². The van der Waals surface area contributed by atoms with Gasteiger partial charge in [-0.25, -0.2) is 4.79 Å². The van der Waals surface area contributed by atoms with Gasteiger partial charge >= 0.3 is 6.09 Å². The molecule has 1 unspecified atom stereocenters. The summed E-state index contributed by atoms with van der Waals surface area (Å²) in [5, 5.41) is 5.36. The molecular formula is C21H33N3O4. The molecule has 1 atom stereocenters. The minimum atomic E-state index is -0.776. The highest BCUT2D eigenvalue weighted by atomic mass is 16.6. The maximum Gasteiger partial charge on any atom is 0.408 e. The molecule has 0 aliphatic carbocycles. The fourth-order valence-electron chi connectivity index (χ4n) is 2.77. The van der Waals surface area contributed by atoms with Crippen molar-refractivity contribution in [3.8, 4) is 0 Å². The number of nitrogens with zero attached hydrogens (tertiary/aromatic N) is 1. The van der Waals surface area contributed by atoms with E-state index >= 15 is 0 Å². The molecule has 3 amide bonds. The highest BCUT2D eigenvalue weighted by Crippen LogP contribution is 2.24. The maximum atomic E-state index is 12.9. The highest BCUT2D eigenvalue weighted by Gasteiger charge is 2.31. The van der Waals surface area contributed by atoms with E-state index in [1.807, 2.05) is 45.0 Å². The number of alkyl carbamates (subject to hydrolysis) is 1. The summed E-state index contributed by atoms with van der Waals surface area (Å²) in [6.45, 7) is 12.8. The van der Waals surface area contributed by atoms with Gasteiger partial charge in [0, 0.05) is 12.6 Å². The zero-order valence-electron chi connectivity index (χ0n) is 18.0. The van der Waals surface area contributed by atoms with Crippen molar-refractivity contribution in [1.29, 1.82) is 0 Å². The Morgan fingerprint density at radius 3 is 2.25 bits per heavy atom. The normalized spacial score (nSPS) is 12.3. The number of likely N-dealkylation sites (N-methyl/N-ethyl adjacent to an activating group) is 1. The van der Waals surface area contributed by atoms with E-state index in [9.17, 15) is 14.4 Å². The van der Waals surface area contributed by atoms with Gasteiger partial charge in [0.15, 0.2) is 0 Å². The van der Waals surface area contributed by atoms with Crippen molar-refractivity contribution in [3.63, 3.8) is 0 Å². The van der Waals surface area contributed by atoms with Gasteiger partial charge in [0.05, 0.1) is 0 Å². The van der Waals surface area contributed by atoms with Gasteiger partial charge in [-0.2, -0.15) is 0 Å². The number of benzene rings is 1. The Morgan fingerprint density at radius 2 is 1.75 bits per heavy atom. The number of hydrogen-bond acceptors (Lipinski definition) is 4. The third-order valence-corrected chi connectivity index (χ3v) is 3.92. The van der Waals surface area contributed by atoms with Gasteiger partial charge in [-0.1, -0.05) is 24.3 Å². The molecule has 28 heavy (non-hydrogen) atoms. The quantitative estimate of drug-likeness (QED) is 0.748. The van der Waals surface area contributed by atoms with Crippen LogP contribution in [0, 0.1) is 6.92 Å². The smallest absolute Gasteiger partial charge is 0.408 e. The Balaban J connectivity index is 3.05. The van der Waals surface area contributed by atoms with E-state index in [-0.39, 0.29) is 24.4 Å². The zero-order chi connectivity index (χ0) is 21.5. The molecular weight excluding hydrogens is 358 g/mol. The van der Waals surface area contributed by atoms with Crippen LogP contribution in [0.5, 0.6) is 0 Å². The predicted octanol–water partition coefficient (Wildman–Crippen LogP) is 2.93. The number of rotatable bonds is 7. The lowest BCUT2D eigenvalue weighted by Gasteiger charge is -2.32.